The maximum atomic E-state index is 12.8. The summed E-state index contributed by atoms with van der Waals surface area (Å²) in [6.45, 7) is 11.2. The Morgan fingerprint density at radius 2 is 1.39 bits per heavy atom. The molecule has 0 atom stereocenters. The van der Waals surface area contributed by atoms with Crippen LogP contribution >= 0.6 is 0 Å². The minimum absolute atomic E-state index is 0.0671. The van der Waals surface area contributed by atoms with E-state index >= 15 is 0 Å². The van der Waals surface area contributed by atoms with Gasteiger partial charge >= 0.3 is 0 Å². The number of carbonyl (C=O) groups excluding carboxylic acids is 2. The van der Waals surface area contributed by atoms with Crippen LogP contribution in [0.1, 0.15) is 47.1 Å². The van der Waals surface area contributed by atoms with Crippen LogP contribution in [0.25, 0.3) is 11.0 Å². The van der Waals surface area contributed by atoms with Crippen LogP contribution in [0.3, 0.4) is 0 Å². The summed E-state index contributed by atoms with van der Waals surface area (Å²) in [4.78, 5) is 38.7. The molecular formula is C27H36N6O5. The number of aromatic nitrogens is 3. The molecule has 0 aliphatic carbocycles. The highest BCUT2D eigenvalue weighted by Gasteiger charge is 2.25. The third-order valence-corrected chi connectivity index (χ3v) is 5.59. The summed E-state index contributed by atoms with van der Waals surface area (Å²) in [6.07, 6.45) is 1.67. The lowest BCUT2D eigenvalue weighted by Crippen LogP contribution is -2.30. The van der Waals surface area contributed by atoms with Gasteiger partial charge in [-0.05, 0) is 11.6 Å². The molecule has 0 radical (unpaired) electrons. The molecule has 0 aliphatic rings. The largest absolute Gasteiger partial charge is 0.493 e. The Morgan fingerprint density at radius 3 is 1.92 bits per heavy atom. The van der Waals surface area contributed by atoms with E-state index in [0.717, 1.165) is 11.3 Å². The third-order valence-electron chi connectivity index (χ3n) is 5.59. The van der Waals surface area contributed by atoms with Crippen molar-refractivity contribution in [2.75, 3.05) is 37.3 Å². The zero-order valence-corrected chi connectivity index (χ0v) is 23.4. The average Bonchev–Trinajstić information content (AvgIpc) is 2.85. The minimum atomic E-state index is -0.662. The summed E-state index contributed by atoms with van der Waals surface area (Å²) in [5.41, 5.74) is 0.587. The molecule has 2 aromatic heterocycles. The molecule has 0 unspecified atom stereocenters. The van der Waals surface area contributed by atoms with Gasteiger partial charge in [-0.2, -0.15) is 9.97 Å². The van der Waals surface area contributed by atoms with Crippen molar-refractivity contribution in [2.45, 2.75) is 48.1 Å². The average molecular weight is 525 g/mol. The van der Waals surface area contributed by atoms with E-state index in [4.69, 9.17) is 14.2 Å². The van der Waals surface area contributed by atoms with Crippen molar-refractivity contribution >= 4 is 40.3 Å². The smallest absolute Gasteiger partial charge is 0.233 e. The predicted molar refractivity (Wildman–Crippen MR) is 147 cm³/mol. The third kappa shape index (κ3) is 6.58. The van der Waals surface area contributed by atoms with E-state index in [0.29, 0.717) is 34.8 Å². The van der Waals surface area contributed by atoms with Gasteiger partial charge in [0.1, 0.15) is 5.82 Å². The molecule has 3 aromatic rings. The van der Waals surface area contributed by atoms with Crippen LogP contribution in [0.5, 0.6) is 17.2 Å². The van der Waals surface area contributed by atoms with Crippen LogP contribution < -0.4 is 30.2 Å². The molecule has 0 fully saturated rings. The summed E-state index contributed by atoms with van der Waals surface area (Å²) in [5.74, 6) is 1.40. The van der Waals surface area contributed by atoms with Gasteiger partial charge in [0.25, 0.3) is 0 Å². The van der Waals surface area contributed by atoms with Gasteiger partial charge < -0.3 is 24.8 Å². The minimum Gasteiger partial charge on any atom is -0.493 e. The maximum Gasteiger partial charge on any atom is 0.233 e. The first-order valence-electron chi connectivity index (χ1n) is 12.1. The van der Waals surface area contributed by atoms with Crippen molar-refractivity contribution in [3.8, 4) is 17.2 Å². The van der Waals surface area contributed by atoms with E-state index in [1.165, 1.54) is 0 Å². The number of anilines is 3. The number of hydrogen-bond donors (Lipinski definition) is 3. The van der Waals surface area contributed by atoms with E-state index in [1.54, 1.807) is 81.2 Å². The molecule has 11 nitrogen and oxygen atoms in total. The number of methoxy groups -OCH3 is 3. The van der Waals surface area contributed by atoms with E-state index in [1.807, 2.05) is 6.07 Å². The van der Waals surface area contributed by atoms with Crippen molar-refractivity contribution in [1.82, 2.24) is 15.0 Å². The molecule has 2 amide bonds. The number of nitrogens with zero attached hydrogens (tertiary/aromatic N) is 3. The Kier molecular flexibility index (Phi) is 8.28. The Labute approximate surface area is 222 Å². The molecule has 0 spiro atoms. The molecule has 204 valence electrons. The number of fused-ring (bicyclic) bond motifs is 1. The molecule has 3 rings (SSSR count). The lowest BCUT2D eigenvalue weighted by atomic mass is 9.95. The molecule has 1 aromatic carbocycles. The second kappa shape index (κ2) is 11.1. The Hall–Kier alpha value is -4.15. The fraction of sp³-hybridized carbons (Fsp3) is 0.444. The van der Waals surface area contributed by atoms with Gasteiger partial charge in [-0.25, -0.2) is 4.98 Å². The van der Waals surface area contributed by atoms with Gasteiger partial charge in [0.2, 0.25) is 23.5 Å². The van der Waals surface area contributed by atoms with Gasteiger partial charge in [0, 0.05) is 41.4 Å². The van der Waals surface area contributed by atoms with Crippen molar-refractivity contribution in [2.24, 2.45) is 10.8 Å². The summed E-state index contributed by atoms with van der Waals surface area (Å²) >= 11 is 0. The van der Waals surface area contributed by atoms with Gasteiger partial charge in [-0.15, -0.1) is 0 Å². The monoisotopic (exact) mass is 524 g/mol. The highest BCUT2D eigenvalue weighted by Crippen LogP contribution is 2.40. The second-order valence-electron chi connectivity index (χ2n) is 10.8. The van der Waals surface area contributed by atoms with E-state index in [-0.39, 0.29) is 23.6 Å². The highest BCUT2D eigenvalue weighted by molar-refractivity contribution is 6.01. The normalized spacial score (nSPS) is 11.6. The molecular weight excluding hydrogens is 488 g/mol. The molecule has 0 bridgehead atoms. The molecule has 0 aliphatic heterocycles. The summed E-state index contributed by atoms with van der Waals surface area (Å²) in [7, 11) is 4.66. The summed E-state index contributed by atoms with van der Waals surface area (Å²) < 4.78 is 16.2. The first kappa shape index (κ1) is 28.4. The van der Waals surface area contributed by atoms with Crippen molar-refractivity contribution in [3.63, 3.8) is 0 Å². The van der Waals surface area contributed by atoms with Crippen molar-refractivity contribution in [3.05, 3.63) is 30.0 Å². The number of amides is 2. The first-order chi connectivity index (χ1) is 17.8. The lowest BCUT2D eigenvalue weighted by Gasteiger charge is -2.20. The number of hydrogen-bond acceptors (Lipinski definition) is 9. The van der Waals surface area contributed by atoms with E-state index < -0.39 is 10.8 Å². The Balaban J connectivity index is 1.97. The number of ether oxygens (including phenoxy) is 3. The summed E-state index contributed by atoms with van der Waals surface area (Å²) in [5, 5.41) is 9.46. The zero-order valence-electron chi connectivity index (χ0n) is 23.4. The van der Waals surface area contributed by atoms with Gasteiger partial charge in [-0.3, -0.25) is 14.9 Å². The fourth-order valence-corrected chi connectivity index (χ4v) is 3.27. The van der Waals surface area contributed by atoms with Crippen LogP contribution in [-0.2, 0) is 16.1 Å². The number of carbonyl (C=O) groups is 2. The topological polar surface area (TPSA) is 137 Å². The number of nitrogens with one attached hydrogen (secondary N) is 3. The highest BCUT2D eigenvalue weighted by atomic mass is 16.5. The van der Waals surface area contributed by atoms with Gasteiger partial charge in [0.15, 0.2) is 17.1 Å². The quantitative estimate of drug-likeness (QED) is 0.385. The first-order valence-corrected chi connectivity index (χ1v) is 12.1. The van der Waals surface area contributed by atoms with Crippen LogP contribution in [0.15, 0.2) is 24.4 Å². The van der Waals surface area contributed by atoms with Gasteiger partial charge in [0.05, 0.1) is 26.7 Å². The lowest BCUT2D eigenvalue weighted by molar-refractivity contribution is -0.123. The number of benzene rings is 1. The predicted octanol–water partition coefficient (Wildman–Crippen LogP) is 4.63. The molecule has 11 heteroatoms. The Bertz CT molecular complexity index is 1320. The van der Waals surface area contributed by atoms with Crippen molar-refractivity contribution in [1.29, 1.82) is 0 Å². The second-order valence-corrected chi connectivity index (χ2v) is 10.8. The molecule has 38 heavy (non-hydrogen) atoms. The van der Waals surface area contributed by atoms with E-state index in [2.05, 4.69) is 30.9 Å². The Morgan fingerprint density at radius 1 is 0.816 bits per heavy atom. The maximum absolute atomic E-state index is 12.8. The standard InChI is InChI=1S/C27H36N6O5/c1-26(2,3)23(34)30-22-17-10-15(13-28-16-11-18(36-7)20(38-9)19(12-16)37-8)14-29-21(17)31-25(32-22)33-24(35)27(4,5)6/h10-12,14,28H,13H2,1-9H3,(H2,29,30,31,32,33,34,35). The van der Waals surface area contributed by atoms with E-state index in [9.17, 15) is 9.59 Å². The van der Waals surface area contributed by atoms with Crippen LogP contribution in [0.4, 0.5) is 17.5 Å². The summed E-state index contributed by atoms with van der Waals surface area (Å²) in [6, 6.07) is 5.46. The molecule has 0 saturated carbocycles. The number of rotatable bonds is 8. The van der Waals surface area contributed by atoms with Crippen LogP contribution in [0.2, 0.25) is 0 Å². The van der Waals surface area contributed by atoms with Crippen LogP contribution in [0, 0.1) is 10.8 Å². The fourth-order valence-electron chi connectivity index (χ4n) is 3.27. The molecule has 0 saturated heterocycles. The van der Waals surface area contributed by atoms with Gasteiger partial charge in [-0.1, -0.05) is 41.5 Å². The molecule has 3 N–H and O–H groups in total. The number of pyridine rings is 1. The molecule has 2 heterocycles. The SMILES string of the molecule is COc1cc(NCc2cnc3nc(NC(=O)C(C)(C)C)nc(NC(=O)C(C)(C)C)c3c2)cc(OC)c1OC. The van der Waals surface area contributed by atoms with Crippen LogP contribution in [-0.4, -0.2) is 48.1 Å². The zero-order chi connectivity index (χ0) is 28.3. The van der Waals surface area contributed by atoms with Crippen molar-refractivity contribution < 1.29 is 23.8 Å².